The molecule has 0 bridgehead atoms. The minimum atomic E-state index is -4.61. The van der Waals surface area contributed by atoms with Crippen LogP contribution in [0.3, 0.4) is 0 Å². The summed E-state index contributed by atoms with van der Waals surface area (Å²) in [5, 5.41) is 19.7. The number of amides is 3. The number of aliphatic imine (C=N–C) groups is 1. The van der Waals surface area contributed by atoms with Gasteiger partial charge < -0.3 is 31.3 Å². The van der Waals surface area contributed by atoms with Crippen LogP contribution in [0.25, 0.3) is 0 Å². The van der Waals surface area contributed by atoms with Crippen molar-refractivity contribution in [1.29, 1.82) is 0 Å². The number of benzene rings is 1. The van der Waals surface area contributed by atoms with E-state index in [1.807, 2.05) is 6.92 Å². The number of hydrogen-bond acceptors (Lipinski definition) is 9. The summed E-state index contributed by atoms with van der Waals surface area (Å²) in [6, 6.07) is 2.46. The second kappa shape index (κ2) is 14.6. The molecular weight excluding hydrogens is 581 g/mol. The lowest BCUT2D eigenvalue weighted by atomic mass is 10.1. The Balaban J connectivity index is 2.21. The van der Waals surface area contributed by atoms with E-state index in [2.05, 4.69) is 27.4 Å². The number of aliphatic hydroxyl groups excluding tert-OH is 1. The molecule has 1 aromatic rings. The van der Waals surface area contributed by atoms with Gasteiger partial charge in [0, 0.05) is 52.7 Å². The van der Waals surface area contributed by atoms with Crippen molar-refractivity contribution in [2.45, 2.75) is 26.4 Å². The molecule has 0 unspecified atom stereocenters. The van der Waals surface area contributed by atoms with Crippen LogP contribution in [-0.2, 0) is 20.6 Å². The fourth-order valence-electron chi connectivity index (χ4n) is 4.05. The van der Waals surface area contributed by atoms with Crippen molar-refractivity contribution >= 4 is 47.4 Å². The lowest BCUT2D eigenvalue weighted by molar-refractivity contribution is -0.137. The Morgan fingerprint density at radius 3 is 2.26 bits per heavy atom. The highest BCUT2D eigenvalue weighted by Gasteiger charge is 2.33. The maximum absolute atomic E-state index is 13.6. The first-order valence-electron chi connectivity index (χ1n) is 12.7. The van der Waals surface area contributed by atoms with Crippen molar-refractivity contribution in [1.82, 2.24) is 20.1 Å². The van der Waals surface area contributed by atoms with Gasteiger partial charge in [0.25, 0.3) is 11.8 Å². The second-order valence-electron chi connectivity index (χ2n) is 9.03. The highest BCUT2D eigenvalue weighted by Crippen LogP contribution is 2.33. The number of halogens is 4. The summed E-state index contributed by atoms with van der Waals surface area (Å²) < 4.78 is 38.8. The number of anilines is 1. The highest BCUT2D eigenvalue weighted by atomic mass is 35.5. The molecule has 12 nitrogen and oxygen atoms in total. The third-order valence-electron chi connectivity index (χ3n) is 6.46. The zero-order chi connectivity index (χ0) is 31.8. The summed E-state index contributed by atoms with van der Waals surface area (Å²) in [4.78, 5) is 46.1. The molecule has 1 aliphatic rings. The number of allylic oxidation sites excluding steroid dienone is 2. The summed E-state index contributed by atoms with van der Waals surface area (Å²) in [5.74, 6) is -2.43. The standard InChI is InChI=1S/C26H34ClF3N8O4/c1-6-18(33-4)22(36-9-11-37(12-10-36)24(41)21(31)23(40)15(2)32-3)25(42)38(34-5)14-20(39)35-19-8-7-16(13-17(19)27)26(28,29)30/h7-8,13,33,40H,5-6,9-12,14,31H2,1-4H3,(H,35,39)/b22-18+,23-21+,32-15?. The number of rotatable bonds is 10. The first kappa shape index (κ1) is 33.9. The maximum Gasteiger partial charge on any atom is 0.416 e. The van der Waals surface area contributed by atoms with Gasteiger partial charge >= 0.3 is 6.18 Å². The quantitative estimate of drug-likeness (QED) is 0.137. The van der Waals surface area contributed by atoms with Gasteiger partial charge in [-0.25, -0.2) is 5.01 Å². The molecule has 1 saturated heterocycles. The van der Waals surface area contributed by atoms with Gasteiger partial charge in [-0.1, -0.05) is 18.5 Å². The Hall–Kier alpha value is -4.27. The summed E-state index contributed by atoms with van der Waals surface area (Å²) in [7, 11) is 3.08. The normalized spacial score (nSPS) is 15.4. The van der Waals surface area contributed by atoms with Crippen LogP contribution in [-0.4, -0.2) is 96.9 Å². The van der Waals surface area contributed by atoms with Gasteiger partial charge in [-0.3, -0.25) is 19.4 Å². The molecule has 16 heteroatoms. The molecule has 0 radical (unpaired) electrons. The summed E-state index contributed by atoms with van der Waals surface area (Å²) in [5.41, 5.74) is 5.38. The summed E-state index contributed by atoms with van der Waals surface area (Å²) >= 11 is 5.93. The Bertz CT molecular complexity index is 1300. The van der Waals surface area contributed by atoms with Crippen molar-refractivity contribution in [2.24, 2.45) is 15.8 Å². The van der Waals surface area contributed by atoms with E-state index < -0.39 is 41.8 Å². The average Bonchev–Trinajstić information content (AvgIpc) is 2.97. The molecule has 1 fully saturated rings. The van der Waals surface area contributed by atoms with Crippen LogP contribution in [0.1, 0.15) is 25.8 Å². The lowest BCUT2D eigenvalue weighted by Crippen LogP contribution is -2.52. The predicted molar refractivity (Wildman–Crippen MR) is 154 cm³/mol. The minimum absolute atomic E-state index is 0.0769. The molecule has 0 aliphatic carbocycles. The van der Waals surface area contributed by atoms with E-state index in [0.29, 0.717) is 18.2 Å². The van der Waals surface area contributed by atoms with Crippen LogP contribution >= 0.6 is 11.6 Å². The first-order valence-corrected chi connectivity index (χ1v) is 13.1. The topological polar surface area (TPSA) is 156 Å². The van der Waals surface area contributed by atoms with Crippen molar-refractivity contribution in [3.63, 3.8) is 0 Å². The van der Waals surface area contributed by atoms with Crippen molar-refractivity contribution < 1.29 is 32.7 Å². The Labute approximate surface area is 246 Å². The Morgan fingerprint density at radius 2 is 1.79 bits per heavy atom. The van der Waals surface area contributed by atoms with Gasteiger partial charge in [-0.05, 0) is 31.5 Å². The van der Waals surface area contributed by atoms with Gasteiger partial charge in [0.1, 0.15) is 17.9 Å². The van der Waals surface area contributed by atoms with E-state index in [0.717, 1.165) is 17.1 Å². The molecule has 0 aromatic heterocycles. The molecular formula is C26H34ClF3N8O4. The molecule has 1 heterocycles. The zero-order valence-electron chi connectivity index (χ0n) is 23.7. The van der Waals surface area contributed by atoms with Crippen LogP contribution < -0.4 is 16.4 Å². The van der Waals surface area contributed by atoms with Crippen LogP contribution in [0.15, 0.2) is 51.1 Å². The largest absolute Gasteiger partial charge is 0.504 e. The van der Waals surface area contributed by atoms with Gasteiger partial charge in [0.15, 0.2) is 5.76 Å². The van der Waals surface area contributed by atoms with Gasteiger partial charge in [-0.2, -0.15) is 18.3 Å². The number of nitrogens with zero attached hydrogens (tertiary/aromatic N) is 5. The lowest BCUT2D eigenvalue weighted by Gasteiger charge is -2.38. The SMILES string of the molecule is C=NN(CC(=O)Nc1ccc(C(F)(F)F)cc1Cl)C(=O)/C(=C(/CC)NC)N1CCN(C(=O)/C(N)=C(\O)C(C)=NC)CC1. The zero-order valence-corrected chi connectivity index (χ0v) is 24.4. The van der Waals surface area contributed by atoms with Crippen molar-refractivity contribution in [3.8, 4) is 0 Å². The molecule has 2 rings (SSSR count). The molecule has 1 aromatic carbocycles. The number of piperazine rings is 1. The number of hydrogen-bond donors (Lipinski definition) is 4. The van der Waals surface area contributed by atoms with E-state index in [9.17, 15) is 32.7 Å². The van der Waals surface area contributed by atoms with Crippen LogP contribution in [0.2, 0.25) is 5.02 Å². The first-order chi connectivity index (χ1) is 19.7. The van der Waals surface area contributed by atoms with E-state index in [1.54, 1.807) is 11.9 Å². The highest BCUT2D eigenvalue weighted by molar-refractivity contribution is 6.33. The van der Waals surface area contributed by atoms with Gasteiger partial charge in [-0.15, -0.1) is 0 Å². The summed E-state index contributed by atoms with van der Waals surface area (Å²) in [6.45, 7) is 6.87. The van der Waals surface area contributed by atoms with Crippen molar-refractivity contribution in [3.05, 3.63) is 51.6 Å². The van der Waals surface area contributed by atoms with Crippen molar-refractivity contribution in [2.75, 3.05) is 52.1 Å². The van der Waals surface area contributed by atoms with E-state index >= 15 is 0 Å². The smallest absolute Gasteiger partial charge is 0.416 e. The maximum atomic E-state index is 13.6. The Kier molecular flexibility index (Phi) is 11.8. The van der Waals surface area contributed by atoms with E-state index in [4.69, 9.17) is 17.3 Å². The van der Waals surface area contributed by atoms with Crippen LogP contribution in [0, 0.1) is 0 Å². The molecule has 0 saturated carbocycles. The van der Waals surface area contributed by atoms with Gasteiger partial charge in [0.2, 0.25) is 5.91 Å². The molecule has 230 valence electrons. The molecule has 3 amide bonds. The third kappa shape index (κ3) is 8.15. The Morgan fingerprint density at radius 1 is 1.19 bits per heavy atom. The number of alkyl halides is 3. The fraction of sp³-hybridized carbons (Fsp3) is 0.423. The number of aliphatic hydroxyl groups is 1. The second-order valence-corrected chi connectivity index (χ2v) is 9.43. The van der Waals surface area contributed by atoms with Gasteiger partial charge in [0.05, 0.1) is 22.0 Å². The number of nitrogens with one attached hydrogen (secondary N) is 2. The molecule has 42 heavy (non-hydrogen) atoms. The molecule has 1 aliphatic heterocycles. The predicted octanol–water partition coefficient (Wildman–Crippen LogP) is 2.55. The monoisotopic (exact) mass is 614 g/mol. The molecule has 0 atom stereocenters. The van der Waals surface area contributed by atoms with E-state index in [-0.39, 0.29) is 54.0 Å². The number of nitrogens with two attached hydrogens (primary N) is 1. The van der Waals surface area contributed by atoms with Crippen LogP contribution in [0.5, 0.6) is 0 Å². The fourth-order valence-corrected chi connectivity index (χ4v) is 4.28. The van der Waals surface area contributed by atoms with Crippen LogP contribution in [0.4, 0.5) is 18.9 Å². The molecule has 5 N–H and O–H groups in total. The molecule has 0 spiro atoms. The number of hydrazone groups is 1. The number of carbonyl (C=O) groups excluding carboxylic acids is 3. The third-order valence-corrected chi connectivity index (χ3v) is 6.77. The number of carbonyl (C=O) groups is 3. The average molecular weight is 615 g/mol. The summed E-state index contributed by atoms with van der Waals surface area (Å²) in [6.07, 6.45) is -4.20. The minimum Gasteiger partial charge on any atom is -0.504 e. The van der Waals surface area contributed by atoms with E-state index in [1.165, 1.54) is 18.9 Å².